The topological polar surface area (TPSA) is 67.7 Å². The van der Waals surface area contributed by atoms with Gasteiger partial charge in [-0.15, -0.1) is 0 Å². The number of hydrogen-bond acceptors (Lipinski definition) is 5. The maximum atomic E-state index is 4.61. The minimum absolute atomic E-state index is 0.558. The molecule has 106 valence electrons. The summed E-state index contributed by atoms with van der Waals surface area (Å²) in [4.78, 5) is 13.2. The second-order valence-electron chi connectivity index (χ2n) is 5.03. The third-order valence-electron chi connectivity index (χ3n) is 3.28. The zero-order valence-corrected chi connectivity index (χ0v) is 11.7. The molecule has 1 aliphatic carbocycles. The summed E-state index contributed by atoms with van der Waals surface area (Å²) in [5.41, 5.74) is 0. The molecule has 0 atom stereocenters. The molecular weight excluding hydrogens is 252 g/mol. The number of anilines is 2. The first-order valence-corrected chi connectivity index (χ1v) is 7.17. The van der Waals surface area contributed by atoms with E-state index in [1.807, 2.05) is 23.2 Å². The summed E-state index contributed by atoms with van der Waals surface area (Å²) < 4.78 is 2.04. The molecule has 0 aliphatic heterocycles. The van der Waals surface area contributed by atoms with Crippen molar-refractivity contribution in [2.45, 2.75) is 32.2 Å². The van der Waals surface area contributed by atoms with E-state index < -0.39 is 0 Å². The zero-order chi connectivity index (χ0) is 13.8. The van der Waals surface area contributed by atoms with Crippen molar-refractivity contribution in [2.75, 3.05) is 23.7 Å². The van der Waals surface area contributed by atoms with Crippen molar-refractivity contribution in [1.82, 2.24) is 19.5 Å². The van der Waals surface area contributed by atoms with Gasteiger partial charge in [-0.25, -0.2) is 15.0 Å². The maximum Gasteiger partial charge on any atom is 0.136 e. The molecule has 2 N–H and O–H groups in total. The quantitative estimate of drug-likeness (QED) is 0.808. The number of rotatable bonds is 7. The van der Waals surface area contributed by atoms with E-state index in [1.54, 1.807) is 6.20 Å². The molecule has 2 aromatic rings. The van der Waals surface area contributed by atoms with Gasteiger partial charge in [0.2, 0.25) is 0 Å². The molecule has 20 heavy (non-hydrogen) atoms. The van der Waals surface area contributed by atoms with E-state index in [-0.39, 0.29) is 0 Å². The summed E-state index contributed by atoms with van der Waals surface area (Å²) in [6.45, 7) is 4.64. The largest absolute Gasteiger partial charge is 0.370 e. The second-order valence-corrected chi connectivity index (χ2v) is 5.03. The van der Waals surface area contributed by atoms with Crippen LogP contribution in [0.5, 0.6) is 0 Å². The van der Waals surface area contributed by atoms with Crippen LogP contribution in [0.15, 0.2) is 24.8 Å². The van der Waals surface area contributed by atoms with Crippen molar-refractivity contribution in [3.8, 4) is 0 Å². The monoisotopic (exact) mass is 272 g/mol. The molecule has 0 bridgehead atoms. The number of nitrogens with zero attached hydrogens (tertiary/aromatic N) is 4. The summed E-state index contributed by atoms with van der Waals surface area (Å²) >= 11 is 0. The Bertz CT molecular complexity index is 547. The van der Waals surface area contributed by atoms with Crippen LogP contribution in [0.1, 0.15) is 31.5 Å². The normalized spacial score (nSPS) is 14.2. The summed E-state index contributed by atoms with van der Waals surface area (Å²) in [6, 6.07) is 1.98. The van der Waals surface area contributed by atoms with E-state index in [9.17, 15) is 0 Å². The number of imidazole rings is 1. The molecule has 0 spiro atoms. The van der Waals surface area contributed by atoms with Crippen LogP contribution in [-0.4, -0.2) is 32.6 Å². The van der Waals surface area contributed by atoms with Crippen molar-refractivity contribution >= 4 is 11.6 Å². The number of aromatic nitrogens is 4. The Hall–Kier alpha value is -2.11. The van der Waals surface area contributed by atoms with Crippen LogP contribution in [0.4, 0.5) is 11.6 Å². The minimum atomic E-state index is 0.558. The number of hydrogen-bond donors (Lipinski definition) is 2. The van der Waals surface area contributed by atoms with Crippen molar-refractivity contribution in [2.24, 2.45) is 0 Å². The molecule has 3 rings (SSSR count). The van der Waals surface area contributed by atoms with Crippen LogP contribution in [0.2, 0.25) is 0 Å². The molecule has 1 saturated carbocycles. The first kappa shape index (κ1) is 12.9. The van der Waals surface area contributed by atoms with Gasteiger partial charge < -0.3 is 15.2 Å². The Morgan fingerprint density at radius 2 is 2.05 bits per heavy atom. The van der Waals surface area contributed by atoms with Crippen LogP contribution in [0, 0.1) is 0 Å². The molecule has 0 aromatic carbocycles. The Labute approximate surface area is 118 Å². The summed E-state index contributed by atoms with van der Waals surface area (Å²) in [6.07, 6.45) is 8.00. The third-order valence-corrected chi connectivity index (χ3v) is 3.28. The second kappa shape index (κ2) is 5.90. The van der Waals surface area contributed by atoms with Gasteiger partial charge in [0.25, 0.3) is 0 Å². The Kier molecular flexibility index (Phi) is 3.80. The third kappa shape index (κ3) is 3.26. The SMILES string of the molecule is CCNc1cc(NCCn2ccnc2)nc(C2CC2)n1. The molecule has 0 amide bonds. The fraction of sp³-hybridized carbons (Fsp3) is 0.500. The van der Waals surface area contributed by atoms with Crippen molar-refractivity contribution in [3.05, 3.63) is 30.6 Å². The fourth-order valence-electron chi connectivity index (χ4n) is 2.08. The van der Waals surface area contributed by atoms with E-state index in [0.29, 0.717) is 5.92 Å². The van der Waals surface area contributed by atoms with E-state index in [1.165, 1.54) is 12.8 Å². The van der Waals surface area contributed by atoms with Gasteiger partial charge in [-0.2, -0.15) is 0 Å². The lowest BCUT2D eigenvalue weighted by Gasteiger charge is -2.10. The van der Waals surface area contributed by atoms with E-state index in [0.717, 1.165) is 37.1 Å². The van der Waals surface area contributed by atoms with Gasteiger partial charge in [0, 0.05) is 44.0 Å². The average molecular weight is 272 g/mol. The highest BCUT2D eigenvalue weighted by atomic mass is 15.1. The summed E-state index contributed by atoms with van der Waals surface area (Å²) in [7, 11) is 0. The predicted molar refractivity (Wildman–Crippen MR) is 78.9 cm³/mol. The smallest absolute Gasteiger partial charge is 0.136 e. The van der Waals surface area contributed by atoms with Gasteiger partial charge in [-0.1, -0.05) is 0 Å². The highest BCUT2D eigenvalue weighted by Gasteiger charge is 2.27. The Morgan fingerprint density at radius 3 is 2.70 bits per heavy atom. The number of nitrogens with one attached hydrogen (secondary N) is 2. The van der Waals surface area contributed by atoms with Crippen molar-refractivity contribution in [3.63, 3.8) is 0 Å². The van der Waals surface area contributed by atoms with Crippen LogP contribution in [-0.2, 0) is 6.54 Å². The maximum absolute atomic E-state index is 4.61. The lowest BCUT2D eigenvalue weighted by molar-refractivity contribution is 0.724. The minimum Gasteiger partial charge on any atom is -0.370 e. The molecule has 6 heteroatoms. The fourth-order valence-corrected chi connectivity index (χ4v) is 2.08. The van der Waals surface area contributed by atoms with E-state index >= 15 is 0 Å². The summed E-state index contributed by atoms with van der Waals surface area (Å²) in [5.74, 6) is 3.34. The molecule has 0 saturated heterocycles. The van der Waals surface area contributed by atoms with E-state index in [4.69, 9.17) is 0 Å². The van der Waals surface area contributed by atoms with Crippen LogP contribution >= 0.6 is 0 Å². The van der Waals surface area contributed by atoms with Gasteiger partial charge in [0.1, 0.15) is 17.5 Å². The Morgan fingerprint density at radius 1 is 1.25 bits per heavy atom. The standard InChI is InChI=1S/C14H20N6/c1-2-16-12-9-13(19-14(18-12)11-3-4-11)17-6-8-20-7-5-15-10-20/h5,7,9-11H,2-4,6,8H2,1H3,(H2,16,17,18,19). The average Bonchev–Trinajstić information content (AvgIpc) is 3.17. The highest BCUT2D eigenvalue weighted by Crippen LogP contribution is 2.38. The molecule has 6 nitrogen and oxygen atoms in total. The first-order chi connectivity index (χ1) is 9.85. The molecule has 1 aliphatic rings. The zero-order valence-electron chi connectivity index (χ0n) is 11.7. The molecule has 0 radical (unpaired) electrons. The van der Waals surface area contributed by atoms with Crippen molar-refractivity contribution < 1.29 is 0 Å². The van der Waals surface area contributed by atoms with Crippen LogP contribution in [0.3, 0.4) is 0 Å². The first-order valence-electron chi connectivity index (χ1n) is 7.17. The summed E-state index contributed by atoms with van der Waals surface area (Å²) in [5, 5.41) is 6.63. The molecular formula is C14H20N6. The van der Waals surface area contributed by atoms with Crippen LogP contribution < -0.4 is 10.6 Å². The van der Waals surface area contributed by atoms with Crippen LogP contribution in [0.25, 0.3) is 0 Å². The lowest BCUT2D eigenvalue weighted by Crippen LogP contribution is -2.12. The van der Waals surface area contributed by atoms with Gasteiger partial charge in [-0.3, -0.25) is 0 Å². The van der Waals surface area contributed by atoms with Gasteiger partial charge in [0.15, 0.2) is 0 Å². The predicted octanol–water partition coefficient (Wildman–Crippen LogP) is 2.09. The van der Waals surface area contributed by atoms with Gasteiger partial charge >= 0.3 is 0 Å². The van der Waals surface area contributed by atoms with E-state index in [2.05, 4.69) is 32.5 Å². The lowest BCUT2D eigenvalue weighted by atomic mass is 10.3. The highest BCUT2D eigenvalue weighted by molar-refractivity contribution is 5.48. The molecule has 1 fully saturated rings. The Balaban J connectivity index is 1.64. The molecule has 2 heterocycles. The van der Waals surface area contributed by atoms with Gasteiger partial charge in [0.05, 0.1) is 6.33 Å². The molecule has 0 unspecified atom stereocenters. The van der Waals surface area contributed by atoms with Gasteiger partial charge in [-0.05, 0) is 19.8 Å². The van der Waals surface area contributed by atoms with Crippen molar-refractivity contribution in [1.29, 1.82) is 0 Å². The molecule has 2 aromatic heterocycles.